The molecule has 0 bridgehead atoms. The zero-order valence-corrected chi connectivity index (χ0v) is 19.8. The van der Waals surface area contributed by atoms with Crippen LogP contribution in [0, 0.1) is 5.92 Å². The lowest BCUT2D eigenvalue weighted by atomic mass is 9.94. The van der Waals surface area contributed by atoms with E-state index in [-0.39, 0.29) is 23.6 Å². The van der Waals surface area contributed by atoms with Crippen molar-refractivity contribution in [3.8, 4) is 0 Å². The monoisotopic (exact) mass is 482 g/mol. The third kappa shape index (κ3) is 6.02. The molecular weight excluding hydrogens is 456 g/mol. The lowest BCUT2D eigenvalue weighted by molar-refractivity contribution is -0.126. The molecule has 7 heteroatoms. The fraction of sp³-hybridized carbons (Fsp3) is 0.269. The highest BCUT2D eigenvalue weighted by Crippen LogP contribution is 2.26. The van der Waals surface area contributed by atoms with Crippen LogP contribution in [-0.4, -0.2) is 31.7 Å². The average molecular weight is 483 g/mol. The Labute approximate surface area is 200 Å². The van der Waals surface area contributed by atoms with Crippen LogP contribution in [0.4, 0.5) is 0 Å². The molecule has 1 aliphatic rings. The zero-order chi connectivity index (χ0) is 23.3. The van der Waals surface area contributed by atoms with Gasteiger partial charge in [0.2, 0.25) is 15.9 Å². The minimum Gasteiger partial charge on any atom is -0.345 e. The Bertz CT molecular complexity index is 1120. The Hall–Kier alpha value is -2.67. The first-order chi connectivity index (χ1) is 15.9. The van der Waals surface area contributed by atoms with Gasteiger partial charge < -0.3 is 5.32 Å². The van der Waals surface area contributed by atoms with Gasteiger partial charge in [-0.1, -0.05) is 84.4 Å². The average Bonchev–Trinajstić information content (AvgIpc) is 2.85. The van der Waals surface area contributed by atoms with Gasteiger partial charge >= 0.3 is 0 Å². The Morgan fingerprint density at radius 3 is 1.91 bits per heavy atom. The molecule has 5 nitrogen and oxygen atoms in total. The number of carbonyl (C=O) groups is 1. The normalized spacial score (nSPS) is 15.5. The molecule has 3 aromatic carbocycles. The van der Waals surface area contributed by atoms with Gasteiger partial charge in [0.05, 0.1) is 11.8 Å². The second-order valence-electron chi connectivity index (χ2n) is 8.32. The molecule has 0 radical (unpaired) electrons. The summed E-state index contributed by atoms with van der Waals surface area (Å²) in [6.45, 7) is 0.685. The molecule has 0 spiro atoms. The molecule has 0 saturated carbocycles. The number of carbonyl (C=O) groups excluding carboxylic acids is 1. The van der Waals surface area contributed by atoms with Crippen molar-refractivity contribution < 1.29 is 13.2 Å². The van der Waals surface area contributed by atoms with Gasteiger partial charge in [0.1, 0.15) is 0 Å². The van der Waals surface area contributed by atoms with Crippen LogP contribution in [0.5, 0.6) is 0 Å². The van der Waals surface area contributed by atoms with Gasteiger partial charge in [-0.3, -0.25) is 4.79 Å². The van der Waals surface area contributed by atoms with E-state index >= 15 is 0 Å². The van der Waals surface area contributed by atoms with Crippen molar-refractivity contribution in [1.29, 1.82) is 0 Å². The van der Waals surface area contributed by atoms with E-state index in [1.807, 2.05) is 60.7 Å². The quantitative estimate of drug-likeness (QED) is 0.526. The van der Waals surface area contributed by atoms with E-state index in [0.717, 1.165) is 11.1 Å². The molecule has 0 atom stereocenters. The number of halogens is 1. The first-order valence-corrected chi connectivity index (χ1v) is 13.0. The summed E-state index contributed by atoms with van der Waals surface area (Å²) in [5.41, 5.74) is 2.73. The third-order valence-electron chi connectivity index (χ3n) is 6.03. The summed E-state index contributed by atoms with van der Waals surface area (Å²) in [4.78, 5) is 13.1. The lowest BCUT2D eigenvalue weighted by Gasteiger charge is -2.31. The number of sulfonamides is 1. The van der Waals surface area contributed by atoms with Crippen LogP contribution >= 0.6 is 11.6 Å². The largest absolute Gasteiger partial charge is 0.345 e. The minimum atomic E-state index is -3.45. The number of hydrogen-bond acceptors (Lipinski definition) is 3. The number of amides is 1. The number of benzene rings is 3. The molecule has 3 aromatic rings. The Kier molecular flexibility index (Phi) is 7.48. The van der Waals surface area contributed by atoms with Crippen LogP contribution in [0.2, 0.25) is 5.02 Å². The summed E-state index contributed by atoms with van der Waals surface area (Å²) in [5, 5.41) is 3.77. The first kappa shape index (κ1) is 23.5. The molecule has 1 amide bonds. The summed E-state index contributed by atoms with van der Waals surface area (Å²) >= 11 is 5.89. The number of nitrogens with zero attached hydrogens (tertiary/aromatic N) is 1. The molecule has 33 heavy (non-hydrogen) atoms. The molecule has 0 aromatic heterocycles. The number of hydrogen-bond donors (Lipinski definition) is 1. The third-order valence-corrected chi connectivity index (χ3v) is 8.13. The van der Waals surface area contributed by atoms with E-state index in [9.17, 15) is 13.2 Å². The topological polar surface area (TPSA) is 66.5 Å². The predicted molar refractivity (Wildman–Crippen MR) is 131 cm³/mol. The smallest absolute Gasteiger partial charge is 0.223 e. The highest BCUT2D eigenvalue weighted by atomic mass is 35.5. The number of nitrogens with one attached hydrogen (secondary N) is 1. The zero-order valence-electron chi connectivity index (χ0n) is 18.2. The summed E-state index contributed by atoms with van der Waals surface area (Å²) in [6, 6.07) is 26.4. The second kappa shape index (κ2) is 10.5. The Morgan fingerprint density at radius 2 is 1.39 bits per heavy atom. The molecule has 1 heterocycles. The molecule has 1 aliphatic heterocycles. The number of piperidine rings is 1. The fourth-order valence-corrected chi connectivity index (χ4v) is 5.88. The van der Waals surface area contributed by atoms with Crippen LogP contribution in [-0.2, 0) is 20.6 Å². The summed E-state index contributed by atoms with van der Waals surface area (Å²) in [6.07, 6.45) is 1.00. The molecule has 0 unspecified atom stereocenters. The van der Waals surface area contributed by atoms with Crippen molar-refractivity contribution in [2.75, 3.05) is 13.1 Å². The highest BCUT2D eigenvalue weighted by Gasteiger charge is 2.32. The number of rotatable bonds is 7. The fourth-order valence-electron chi connectivity index (χ4n) is 4.19. The van der Waals surface area contributed by atoms with Gasteiger partial charge in [0, 0.05) is 24.0 Å². The van der Waals surface area contributed by atoms with Crippen molar-refractivity contribution in [2.45, 2.75) is 24.6 Å². The van der Waals surface area contributed by atoms with Gasteiger partial charge in [-0.05, 0) is 41.7 Å². The Balaban J connectivity index is 1.39. The van der Waals surface area contributed by atoms with E-state index in [1.165, 1.54) is 4.31 Å². The summed E-state index contributed by atoms with van der Waals surface area (Å²) in [7, 11) is -3.45. The van der Waals surface area contributed by atoms with Crippen molar-refractivity contribution in [2.24, 2.45) is 5.92 Å². The van der Waals surface area contributed by atoms with Crippen molar-refractivity contribution in [3.05, 3.63) is 107 Å². The molecular formula is C26H27ClN2O3S. The second-order valence-corrected chi connectivity index (χ2v) is 10.7. The van der Waals surface area contributed by atoms with E-state index in [4.69, 9.17) is 11.6 Å². The highest BCUT2D eigenvalue weighted by molar-refractivity contribution is 7.88. The standard InChI is InChI=1S/C26H27ClN2O3S/c27-24-13-11-20(12-14-24)19-33(31,32)29-17-15-23(16-18-29)26(30)28-25(21-7-3-1-4-8-21)22-9-5-2-6-10-22/h1-14,23,25H,15-19H2,(H,28,30). The van der Waals surface area contributed by atoms with E-state index in [1.54, 1.807) is 24.3 Å². The van der Waals surface area contributed by atoms with Crippen molar-refractivity contribution in [3.63, 3.8) is 0 Å². The minimum absolute atomic E-state index is 0.0394. The van der Waals surface area contributed by atoms with Crippen molar-refractivity contribution in [1.82, 2.24) is 9.62 Å². The molecule has 0 aliphatic carbocycles. The molecule has 172 valence electrons. The van der Waals surface area contributed by atoms with Crippen LogP contribution < -0.4 is 5.32 Å². The lowest BCUT2D eigenvalue weighted by Crippen LogP contribution is -2.44. The van der Waals surface area contributed by atoms with E-state index < -0.39 is 10.0 Å². The van der Waals surface area contributed by atoms with Crippen LogP contribution in [0.25, 0.3) is 0 Å². The summed E-state index contributed by atoms with van der Waals surface area (Å²) < 4.78 is 27.2. The van der Waals surface area contributed by atoms with Crippen LogP contribution in [0.3, 0.4) is 0 Å². The van der Waals surface area contributed by atoms with Crippen LogP contribution in [0.15, 0.2) is 84.9 Å². The van der Waals surface area contributed by atoms with E-state index in [0.29, 0.717) is 36.5 Å². The van der Waals surface area contributed by atoms with Gasteiger partial charge in [0.15, 0.2) is 0 Å². The maximum absolute atomic E-state index is 13.1. The first-order valence-electron chi connectivity index (χ1n) is 11.0. The molecule has 1 saturated heterocycles. The summed E-state index contributed by atoms with van der Waals surface area (Å²) in [5.74, 6) is -0.324. The predicted octanol–water partition coefficient (Wildman–Crippen LogP) is 4.79. The van der Waals surface area contributed by atoms with E-state index in [2.05, 4.69) is 5.32 Å². The maximum atomic E-state index is 13.1. The van der Waals surface area contributed by atoms with Gasteiger partial charge in [-0.2, -0.15) is 0 Å². The van der Waals surface area contributed by atoms with Crippen molar-refractivity contribution >= 4 is 27.5 Å². The Morgan fingerprint density at radius 1 is 0.879 bits per heavy atom. The molecule has 1 N–H and O–H groups in total. The van der Waals surface area contributed by atoms with Gasteiger partial charge in [0.25, 0.3) is 0 Å². The van der Waals surface area contributed by atoms with Crippen LogP contribution in [0.1, 0.15) is 35.6 Å². The molecule has 4 rings (SSSR count). The van der Waals surface area contributed by atoms with Gasteiger partial charge in [-0.25, -0.2) is 12.7 Å². The SMILES string of the molecule is O=C(NC(c1ccccc1)c1ccccc1)C1CCN(S(=O)(=O)Cc2ccc(Cl)cc2)CC1. The molecule has 1 fully saturated rings. The van der Waals surface area contributed by atoms with Gasteiger partial charge in [-0.15, -0.1) is 0 Å². The maximum Gasteiger partial charge on any atom is 0.223 e.